The molecule has 1 atom stereocenters. The molecule has 0 bridgehead atoms. The van der Waals surface area contributed by atoms with Gasteiger partial charge in [-0.3, -0.25) is 9.59 Å². The van der Waals surface area contributed by atoms with Crippen LogP contribution < -0.4 is 10.9 Å². The average Bonchev–Trinajstić information content (AvgIpc) is 2.37. The number of rotatable bonds is 6. The summed E-state index contributed by atoms with van der Waals surface area (Å²) < 4.78 is 1.22. The van der Waals surface area contributed by atoms with E-state index in [-0.39, 0.29) is 23.7 Å². The first kappa shape index (κ1) is 14.4. The summed E-state index contributed by atoms with van der Waals surface area (Å²) in [5.41, 5.74) is -0.0554. The second-order valence-corrected chi connectivity index (χ2v) is 4.03. The topological polar surface area (TPSA) is 84.2 Å². The van der Waals surface area contributed by atoms with Crippen molar-refractivity contribution in [2.24, 2.45) is 0 Å². The van der Waals surface area contributed by atoms with Crippen LogP contribution in [0.4, 0.5) is 0 Å². The highest BCUT2D eigenvalue weighted by Crippen LogP contribution is 1.95. The van der Waals surface area contributed by atoms with E-state index in [1.54, 1.807) is 6.92 Å². The zero-order valence-corrected chi connectivity index (χ0v) is 10.7. The normalized spacial score (nSPS) is 12.2. The molecule has 0 aliphatic heterocycles. The van der Waals surface area contributed by atoms with Gasteiger partial charge < -0.3 is 10.4 Å². The molecule has 0 radical (unpaired) electrons. The van der Waals surface area contributed by atoms with E-state index in [0.29, 0.717) is 13.0 Å². The Labute approximate surface area is 106 Å². The number of carbonyl (C=O) groups is 1. The monoisotopic (exact) mass is 253 g/mol. The van der Waals surface area contributed by atoms with E-state index in [0.717, 1.165) is 6.42 Å². The molecule has 1 aromatic heterocycles. The maximum absolute atomic E-state index is 11.7. The van der Waals surface area contributed by atoms with Crippen molar-refractivity contribution < 1.29 is 9.90 Å². The van der Waals surface area contributed by atoms with E-state index >= 15 is 0 Å². The molecule has 0 saturated heterocycles. The summed E-state index contributed by atoms with van der Waals surface area (Å²) in [7, 11) is 0. The fraction of sp³-hybridized carbons (Fsp3) is 0.583. The molecular weight excluding hydrogens is 234 g/mol. The Bertz CT molecular complexity index is 456. The van der Waals surface area contributed by atoms with Crippen LogP contribution in [-0.4, -0.2) is 33.4 Å². The lowest BCUT2D eigenvalue weighted by Gasteiger charge is -2.10. The van der Waals surface area contributed by atoms with Gasteiger partial charge in [0.15, 0.2) is 0 Å². The first-order valence-electron chi connectivity index (χ1n) is 6.12. The van der Waals surface area contributed by atoms with Gasteiger partial charge in [0.2, 0.25) is 0 Å². The molecule has 6 heteroatoms. The number of nitrogens with zero attached hydrogens (tertiary/aromatic N) is 2. The molecule has 0 spiro atoms. The largest absolute Gasteiger partial charge is 0.391 e. The standard InChI is InChI=1S/C12H19N3O3/c1-3-5-9(16)8-13-12(18)10-6-7-11(17)15(4-2)14-10/h6-7,9,16H,3-5,8H2,1-2H3,(H,13,18). The zero-order valence-electron chi connectivity index (χ0n) is 10.7. The van der Waals surface area contributed by atoms with Gasteiger partial charge in [-0.15, -0.1) is 0 Å². The quantitative estimate of drug-likeness (QED) is 0.756. The Hall–Kier alpha value is -1.69. The van der Waals surface area contributed by atoms with Gasteiger partial charge in [0.25, 0.3) is 11.5 Å². The van der Waals surface area contributed by atoms with Crippen LogP contribution in [0.1, 0.15) is 37.2 Å². The second kappa shape index (κ2) is 6.90. The Morgan fingerprint density at radius 1 is 1.50 bits per heavy atom. The van der Waals surface area contributed by atoms with Crippen LogP contribution in [0.25, 0.3) is 0 Å². The van der Waals surface area contributed by atoms with Gasteiger partial charge in [-0.25, -0.2) is 4.68 Å². The lowest BCUT2D eigenvalue weighted by molar-refractivity contribution is 0.0903. The highest BCUT2D eigenvalue weighted by atomic mass is 16.3. The molecule has 18 heavy (non-hydrogen) atoms. The molecule has 100 valence electrons. The molecule has 0 aliphatic carbocycles. The first-order chi connectivity index (χ1) is 8.58. The molecule has 1 amide bonds. The molecule has 1 heterocycles. The number of aromatic nitrogens is 2. The minimum absolute atomic E-state index is 0.181. The number of nitrogens with one attached hydrogen (secondary N) is 1. The smallest absolute Gasteiger partial charge is 0.271 e. The number of amides is 1. The summed E-state index contributed by atoms with van der Waals surface area (Å²) >= 11 is 0. The van der Waals surface area contributed by atoms with E-state index in [4.69, 9.17) is 0 Å². The summed E-state index contributed by atoms with van der Waals surface area (Å²) in [6, 6.07) is 2.70. The minimum atomic E-state index is -0.545. The van der Waals surface area contributed by atoms with E-state index < -0.39 is 6.10 Å². The van der Waals surface area contributed by atoms with Crippen LogP contribution in [0.15, 0.2) is 16.9 Å². The third-order valence-electron chi connectivity index (χ3n) is 2.52. The number of hydrogen-bond donors (Lipinski definition) is 2. The molecule has 1 unspecified atom stereocenters. The number of aliphatic hydroxyl groups is 1. The predicted octanol–water partition coefficient (Wildman–Crippen LogP) is 0.154. The van der Waals surface area contributed by atoms with Crippen LogP contribution in [0.5, 0.6) is 0 Å². The van der Waals surface area contributed by atoms with Crippen molar-refractivity contribution in [3.8, 4) is 0 Å². The fourth-order valence-electron chi connectivity index (χ4n) is 1.53. The number of aryl methyl sites for hydroxylation is 1. The number of hydrogen-bond acceptors (Lipinski definition) is 4. The van der Waals surface area contributed by atoms with E-state index in [9.17, 15) is 14.7 Å². The van der Waals surface area contributed by atoms with Crippen molar-refractivity contribution in [1.29, 1.82) is 0 Å². The first-order valence-corrected chi connectivity index (χ1v) is 6.12. The maximum atomic E-state index is 11.7. The highest BCUT2D eigenvalue weighted by molar-refractivity contribution is 5.91. The van der Waals surface area contributed by atoms with Crippen molar-refractivity contribution in [2.75, 3.05) is 6.54 Å². The van der Waals surface area contributed by atoms with Crippen LogP contribution in [-0.2, 0) is 6.54 Å². The molecule has 0 aromatic carbocycles. The van der Waals surface area contributed by atoms with Gasteiger partial charge in [0, 0.05) is 19.2 Å². The molecule has 0 saturated carbocycles. The Morgan fingerprint density at radius 3 is 2.83 bits per heavy atom. The van der Waals surface area contributed by atoms with Gasteiger partial charge in [-0.05, 0) is 19.4 Å². The molecular formula is C12H19N3O3. The number of carbonyl (C=O) groups excluding carboxylic acids is 1. The Morgan fingerprint density at radius 2 is 2.22 bits per heavy atom. The fourth-order valence-corrected chi connectivity index (χ4v) is 1.53. The summed E-state index contributed by atoms with van der Waals surface area (Å²) in [6.07, 6.45) is 0.953. The van der Waals surface area contributed by atoms with Crippen molar-refractivity contribution >= 4 is 5.91 Å². The third kappa shape index (κ3) is 3.96. The van der Waals surface area contributed by atoms with Crippen LogP contribution >= 0.6 is 0 Å². The van der Waals surface area contributed by atoms with E-state index in [2.05, 4.69) is 10.4 Å². The SMILES string of the molecule is CCCC(O)CNC(=O)c1ccc(=O)n(CC)n1. The molecule has 6 nitrogen and oxygen atoms in total. The Kier molecular flexibility index (Phi) is 5.51. The molecule has 1 rings (SSSR count). The minimum Gasteiger partial charge on any atom is -0.391 e. The predicted molar refractivity (Wildman–Crippen MR) is 67.4 cm³/mol. The van der Waals surface area contributed by atoms with Gasteiger partial charge in [0.05, 0.1) is 6.10 Å². The van der Waals surface area contributed by atoms with Crippen molar-refractivity contribution in [3.05, 3.63) is 28.2 Å². The molecule has 0 aliphatic rings. The van der Waals surface area contributed by atoms with Gasteiger partial charge in [-0.1, -0.05) is 13.3 Å². The second-order valence-electron chi connectivity index (χ2n) is 4.03. The highest BCUT2D eigenvalue weighted by Gasteiger charge is 2.10. The molecule has 2 N–H and O–H groups in total. The Balaban J connectivity index is 2.64. The molecule has 1 aromatic rings. The lowest BCUT2D eigenvalue weighted by Crippen LogP contribution is -2.34. The lowest BCUT2D eigenvalue weighted by atomic mass is 10.2. The van der Waals surface area contributed by atoms with Crippen LogP contribution in [0.2, 0.25) is 0 Å². The summed E-state index contributed by atoms with van der Waals surface area (Å²) in [6.45, 7) is 4.35. The summed E-state index contributed by atoms with van der Waals surface area (Å²) in [4.78, 5) is 23.0. The number of aliphatic hydroxyl groups excluding tert-OH is 1. The maximum Gasteiger partial charge on any atom is 0.271 e. The molecule has 0 fully saturated rings. The zero-order chi connectivity index (χ0) is 13.5. The van der Waals surface area contributed by atoms with Crippen LogP contribution in [0, 0.1) is 0 Å². The third-order valence-corrected chi connectivity index (χ3v) is 2.52. The van der Waals surface area contributed by atoms with Gasteiger partial charge >= 0.3 is 0 Å². The van der Waals surface area contributed by atoms with Crippen molar-refractivity contribution in [2.45, 2.75) is 39.3 Å². The van der Waals surface area contributed by atoms with E-state index in [1.165, 1.54) is 16.8 Å². The van der Waals surface area contributed by atoms with Gasteiger partial charge in [-0.2, -0.15) is 5.10 Å². The van der Waals surface area contributed by atoms with Crippen LogP contribution in [0.3, 0.4) is 0 Å². The van der Waals surface area contributed by atoms with Crippen molar-refractivity contribution in [1.82, 2.24) is 15.1 Å². The van der Waals surface area contributed by atoms with Crippen molar-refractivity contribution in [3.63, 3.8) is 0 Å². The summed E-state index contributed by atoms with van der Waals surface area (Å²) in [5.74, 6) is -0.382. The average molecular weight is 253 g/mol. The van der Waals surface area contributed by atoms with E-state index in [1.807, 2.05) is 6.92 Å². The van der Waals surface area contributed by atoms with Gasteiger partial charge in [0.1, 0.15) is 5.69 Å². The summed E-state index contributed by atoms with van der Waals surface area (Å²) in [5, 5.41) is 16.0.